The highest BCUT2D eigenvalue weighted by Gasteiger charge is 2.37. The molecular formula is C15H29N3O3. The van der Waals surface area contributed by atoms with Crippen molar-refractivity contribution in [3.8, 4) is 0 Å². The third-order valence-corrected chi connectivity index (χ3v) is 4.45. The molecule has 6 heteroatoms. The Labute approximate surface area is 127 Å². The topological polar surface area (TPSA) is 81.7 Å². The summed E-state index contributed by atoms with van der Waals surface area (Å²) in [7, 11) is 4.06. The van der Waals surface area contributed by atoms with Crippen LogP contribution in [0.2, 0.25) is 0 Å². The van der Waals surface area contributed by atoms with Crippen LogP contribution in [0.4, 0.5) is 4.79 Å². The second kappa shape index (κ2) is 6.64. The van der Waals surface area contributed by atoms with Crippen molar-refractivity contribution in [1.82, 2.24) is 15.5 Å². The Balaban J connectivity index is 2.59. The van der Waals surface area contributed by atoms with Crippen LogP contribution in [0.25, 0.3) is 0 Å². The van der Waals surface area contributed by atoms with E-state index in [0.29, 0.717) is 6.54 Å². The largest absolute Gasteiger partial charge is 0.480 e. The molecule has 0 spiro atoms. The molecule has 0 aliphatic heterocycles. The number of nitrogens with one attached hydrogen (secondary N) is 2. The van der Waals surface area contributed by atoms with E-state index in [2.05, 4.69) is 15.5 Å². The maximum Gasteiger partial charge on any atom is 0.326 e. The number of hydrogen-bond donors (Lipinski definition) is 3. The van der Waals surface area contributed by atoms with Gasteiger partial charge in [-0.25, -0.2) is 9.59 Å². The molecule has 1 saturated carbocycles. The Kier molecular flexibility index (Phi) is 5.61. The highest BCUT2D eigenvalue weighted by atomic mass is 16.4. The van der Waals surface area contributed by atoms with Crippen LogP contribution in [0, 0.1) is 5.41 Å². The van der Waals surface area contributed by atoms with Crippen molar-refractivity contribution in [2.24, 2.45) is 5.41 Å². The normalized spacial score (nSPS) is 19.3. The number of urea groups is 1. The van der Waals surface area contributed by atoms with Crippen LogP contribution < -0.4 is 10.6 Å². The zero-order valence-corrected chi connectivity index (χ0v) is 13.8. The van der Waals surface area contributed by atoms with Crippen LogP contribution in [0.3, 0.4) is 0 Å². The number of carbonyl (C=O) groups is 2. The molecule has 1 atom stereocenters. The Morgan fingerprint density at radius 3 is 2.14 bits per heavy atom. The molecule has 1 aliphatic rings. The Morgan fingerprint density at radius 1 is 1.24 bits per heavy atom. The lowest BCUT2D eigenvalue weighted by atomic mass is 9.87. The van der Waals surface area contributed by atoms with Gasteiger partial charge in [0, 0.05) is 12.1 Å². The lowest BCUT2D eigenvalue weighted by molar-refractivity contribution is -0.141. The lowest BCUT2D eigenvalue weighted by Crippen LogP contribution is -2.56. The second-order valence-corrected chi connectivity index (χ2v) is 7.29. The van der Waals surface area contributed by atoms with Gasteiger partial charge in [-0.15, -0.1) is 0 Å². The van der Waals surface area contributed by atoms with Gasteiger partial charge >= 0.3 is 12.0 Å². The van der Waals surface area contributed by atoms with E-state index in [9.17, 15) is 14.7 Å². The average molecular weight is 299 g/mol. The zero-order chi connectivity index (χ0) is 16.3. The molecule has 0 aromatic rings. The molecule has 2 amide bonds. The SMILES string of the molecule is CN(C)C1(CNC(=O)N[C@H](C(=O)O)C(C)(C)C)CCCC1. The molecule has 0 radical (unpaired) electrons. The molecule has 0 aromatic carbocycles. The van der Waals surface area contributed by atoms with Gasteiger partial charge in [0.05, 0.1) is 0 Å². The summed E-state index contributed by atoms with van der Waals surface area (Å²) in [5, 5.41) is 14.6. The lowest BCUT2D eigenvalue weighted by Gasteiger charge is -2.37. The van der Waals surface area contributed by atoms with E-state index in [1.807, 2.05) is 14.1 Å². The predicted molar refractivity (Wildman–Crippen MR) is 82.3 cm³/mol. The molecule has 21 heavy (non-hydrogen) atoms. The van der Waals surface area contributed by atoms with Crippen molar-refractivity contribution in [3.63, 3.8) is 0 Å². The summed E-state index contributed by atoms with van der Waals surface area (Å²) >= 11 is 0. The maximum absolute atomic E-state index is 12.0. The Morgan fingerprint density at radius 2 is 1.76 bits per heavy atom. The van der Waals surface area contributed by atoms with Gasteiger partial charge in [0.25, 0.3) is 0 Å². The van der Waals surface area contributed by atoms with Gasteiger partial charge in [-0.1, -0.05) is 33.6 Å². The summed E-state index contributed by atoms with van der Waals surface area (Å²) in [5.74, 6) is -1.01. The van der Waals surface area contributed by atoms with E-state index < -0.39 is 23.5 Å². The molecular weight excluding hydrogens is 270 g/mol. The maximum atomic E-state index is 12.0. The van der Waals surface area contributed by atoms with Gasteiger partial charge in [0.1, 0.15) is 6.04 Å². The molecule has 3 N–H and O–H groups in total. The summed E-state index contributed by atoms with van der Waals surface area (Å²) in [5.41, 5.74) is -0.534. The number of nitrogens with zero attached hydrogens (tertiary/aromatic N) is 1. The van der Waals surface area contributed by atoms with E-state index in [1.165, 1.54) is 12.8 Å². The number of carboxylic acids is 1. The predicted octanol–water partition coefficient (Wildman–Crippen LogP) is 1.66. The highest BCUT2D eigenvalue weighted by Crippen LogP contribution is 2.33. The first-order chi connectivity index (χ1) is 9.58. The number of carbonyl (C=O) groups excluding carboxylic acids is 1. The molecule has 0 bridgehead atoms. The van der Waals surface area contributed by atoms with Crippen molar-refractivity contribution in [2.45, 2.75) is 58.0 Å². The molecule has 1 rings (SSSR count). The van der Waals surface area contributed by atoms with Gasteiger partial charge < -0.3 is 20.6 Å². The van der Waals surface area contributed by atoms with Crippen molar-refractivity contribution >= 4 is 12.0 Å². The summed E-state index contributed by atoms with van der Waals surface area (Å²) < 4.78 is 0. The number of rotatable bonds is 5. The van der Waals surface area contributed by atoms with Crippen LogP contribution in [0.5, 0.6) is 0 Å². The molecule has 0 saturated heterocycles. The van der Waals surface area contributed by atoms with E-state index in [-0.39, 0.29) is 5.54 Å². The van der Waals surface area contributed by atoms with Crippen molar-refractivity contribution in [2.75, 3.05) is 20.6 Å². The molecule has 1 fully saturated rings. The fraction of sp³-hybridized carbons (Fsp3) is 0.867. The second-order valence-electron chi connectivity index (χ2n) is 7.29. The first-order valence-corrected chi connectivity index (χ1v) is 7.53. The minimum atomic E-state index is -1.01. The van der Waals surface area contributed by atoms with Crippen LogP contribution in [0.1, 0.15) is 46.5 Å². The Hall–Kier alpha value is -1.30. The van der Waals surface area contributed by atoms with Gasteiger partial charge in [0.15, 0.2) is 0 Å². The van der Waals surface area contributed by atoms with Crippen molar-refractivity contribution < 1.29 is 14.7 Å². The summed E-state index contributed by atoms with van der Waals surface area (Å²) in [6.45, 7) is 5.93. The first kappa shape index (κ1) is 17.8. The van der Waals surface area contributed by atoms with Crippen LogP contribution >= 0.6 is 0 Å². The van der Waals surface area contributed by atoms with Crippen LogP contribution in [-0.4, -0.2) is 54.2 Å². The zero-order valence-electron chi connectivity index (χ0n) is 13.8. The summed E-state index contributed by atoms with van der Waals surface area (Å²) in [4.78, 5) is 25.5. The number of hydrogen-bond acceptors (Lipinski definition) is 3. The van der Waals surface area contributed by atoms with Gasteiger partial charge in [-0.2, -0.15) is 0 Å². The third-order valence-electron chi connectivity index (χ3n) is 4.45. The van der Waals surface area contributed by atoms with Crippen molar-refractivity contribution in [3.05, 3.63) is 0 Å². The van der Waals surface area contributed by atoms with E-state index in [0.717, 1.165) is 12.8 Å². The van der Waals surface area contributed by atoms with Crippen LogP contribution in [0.15, 0.2) is 0 Å². The number of likely N-dealkylation sites (N-methyl/N-ethyl adjacent to an activating group) is 1. The third kappa shape index (κ3) is 4.59. The fourth-order valence-electron chi connectivity index (χ4n) is 2.89. The van der Waals surface area contributed by atoms with Gasteiger partial charge in [-0.05, 0) is 32.4 Å². The highest BCUT2D eigenvalue weighted by molar-refractivity contribution is 5.83. The number of amides is 2. The van der Waals surface area contributed by atoms with E-state index >= 15 is 0 Å². The molecule has 6 nitrogen and oxygen atoms in total. The summed E-state index contributed by atoms with van der Waals surface area (Å²) in [6, 6.07) is -1.32. The summed E-state index contributed by atoms with van der Waals surface area (Å²) in [6.07, 6.45) is 4.45. The Bertz CT molecular complexity index is 382. The molecule has 0 unspecified atom stereocenters. The van der Waals surface area contributed by atoms with E-state index in [4.69, 9.17) is 0 Å². The fourth-order valence-corrected chi connectivity index (χ4v) is 2.89. The minimum Gasteiger partial charge on any atom is -0.480 e. The van der Waals surface area contributed by atoms with E-state index in [1.54, 1.807) is 20.8 Å². The molecule has 0 heterocycles. The quantitative estimate of drug-likeness (QED) is 0.721. The molecule has 122 valence electrons. The molecule has 0 aromatic heterocycles. The monoisotopic (exact) mass is 299 g/mol. The first-order valence-electron chi connectivity index (χ1n) is 7.53. The van der Waals surface area contributed by atoms with Crippen LogP contribution in [-0.2, 0) is 4.79 Å². The van der Waals surface area contributed by atoms with Gasteiger partial charge in [-0.3, -0.25) is 0 Å². The average Bonchev–Trinajstić information content (AvgIpc) is 2.81. The standard InChI is InChI=1S/C15H29N3O3/c1-14(2,3)11(12(19)20)17-13(21)16-10-15(18(4)5)8-6-7-9-15/h11H,6-10H2,1-5H3,(H,19,20)(H2,16,17,21)/t11-/m1/s1. The van der Waals surface area contributed by atoms with Crippen molar-refractivity contribution in [1.29, 1.82) is 0 Å². The number of carboxylic acid groups (broad SMARTS) is 1. The number of aliphatic carboxylic acids is 1. The van der Waals surface area contributed by atoms with Gasteiger partial charge in [0.2, 0.25) is 0 Å². The molecule has 1 aliphatic carbocycles. The smallest absolute Gasteiger partial charge is 0.326 e. The minimum absolute atomic E-state index is 0.00219.